The molecule has 0 atom stereocenters. The first-order valence-corrected chi connectivity index (χ1v) is 16.5. The van der Waals surface area contributed by atoms with Crippen molar-refractivity contribution in [3.8, 4) is 27.9 Å². The lowest BCUT2D eigenvalue weighted by atomic mass is 9.97. The Labute approximate surface area is 273 Å². The van der Waals surface area contributed by atoms with Crippen LogP contribution in [0.3, 0.4) is 0 Å². The monoisotopic (exact) mass is 619 g/mol. The smallest absolute Gasteiger partial charge is 0.344 e. The van der Waals surface area contributed by atoms with Gasteiger partial charge in [0.05, 0.1) is 16.4 Å². The molecule has 0 saturated heterocycles. The van der Waals surface area contributed by atoms with Crippen molar-refractivity contribution in [3.63, 3.8) is 0 Å². The van der Waals surface area contributed by atoms with E-state index in [1.807, 2.05) is 18.2 Å². The van der Waals surface area contributed by atoms with Gasteiger partial charge in [-0.1, -0.05) is 97.1 Å². The Morgan fingerprint density at radius 2 is 1.15 bits per heavy atom. The molecule has 0 fully saturated rings. The van der Waals surface area contributed by atoms with Gasteiger partial charge in [-0.05, 0) is 82.2 Å². The van der Waals surface area contributed by atoms with E-state index in [1.165, 1.54) is 36.5 Å². The van der Waals surface area contributed by atoms with E-state index in [9.17, 15) is 4.79 Å². The van der Waals surface area contributed by atoms with Crippen molar-refractivity contribution in [3.05, 3.63) is 162 Å². The van der Waals surface area contributed by atoms with Gasteiger partial charge in [0, 0.05) is 42.0 Å². The minimum atomic E-state index is -0.323. The molecule has 0 N–H and O–H groups in total. The number of benzene rings is 7. The third kappa shape index (κ3) is 3.95. The first-order valence-electron chi connectivity index (χ1n) is 15.7. The molecule has 4 heteroatoms. The molecule has 47 heavy (non-hydrogen) atoms. The zero-order valence-electron chi connectivity index (χ0n) is 25.1. The number of fused-ring (bicyclic) bond motifs is 9. The Hall–Kier alpha value is -5.97. The number of hydrogen-bond donors (Lipinski definition) is 0. The van der Waals surface area contributed by atoms with Gasteiger partial charge in [0.2, 0.25) is 0 Å². The number of nitrogens with zero attached hydrogens (tertiary/aromatic N) is 1. The Bertz CT molecular complexity index is 2930. The van der Waals surface area contributed by atoms with Crippen molar-refractivity contribution in [1.29, 1.82) is 0 Å². The highest BCUT2D eigenvalue weighted by molar-refractivity contribution is 7.26. The lowest BCUT2D eigenvalue weighted by Crippen LogP contribution is -2.00. The molecular formula is C43H25NO2S. The van der Waals surface area contributed by atoms with Gasteiger partial charge in [-0.15, -0.1) is 11.3 Å². The summed E-state index contributed by atoms with van der Waals surface area (Å²) in [6.45, 7) is 0. The van der Waals surface area contributed by atoms with E-state index in [2.05, 4.69) is 138 Å². The molecule has 0 spiro atoms. The van der Waals surface area contributed by atoms with Gasteiger partial charge in [0.15, 0.2) is 0 Å². The first kappa shape index (κ1) is 26.3. The third-order valence-corrected chi connectivity index (χ3v) is 10.7. The molecule has 10 aromatic rings. The second-order valence-electron chi connectivity index (χ2n) is 12.1. The van der Waals surface area contributed by atoms with Crippen LogP contribution in [0, 0.1) is 0 Å². The fourth-order valence-electron chi connectivity index (χ4n) is 7.26. The van der Waals surface area contributed by atoms with Gasteiger partial charge in [0.1, 0.15) is 5.58 Å². The second-order valence-corrected chi connectivity index (χ2v) is 13.1. The van der Waals surface area contributed by atoms with E-state index < -0.39 is 0 Å². The average Bonchev–Trinajstić information content (AvgIpc) is 3.67. The van der Waals surface area contributed by atoms with E-state index in [1.54, 1.807) is 11.3 Å². The van der Waals surface area contributed by atoms with Gasteiger partial charge in [-0.3, -0.25) is 0 Å². The summed E-state index contributed by atoms with van der Waals surface area (Å²) in [6, 6.07) is 52.9. The van der Waals surface area contributed by atoms with Crippen molar-refractivity contribution in [2.45, 2.75) is 0 Å². The van der Waals surface area contributed by atoms with Crippen LogP contribution in [0.4, 0.5) is 0 Å². The van der Waals surface area contributed by atoms with Crippen molar-refractivity contribution in [2.75, 3.05) is 0 Å². The maximum absolute atomic E-state index is 13.5. The topological polar surface area (TPSA) is 35.1 Å². The van der Waals surface area contributed by atoms with Gasteiger partial charge in [0.25, 0.3) is 0 Å². The molecule has 3 aromatic heterocycles. The fraction of sp³-hybridized carbons (Fsp3) is 0. The van der Waals surface area contributed by atoms with Crippen LogP contribution in [0.2, 0.25) is 0 Å². The van der Waals surface area contributed by atoms with E-state index in [0.29, 0.717) is 11.0 Å². The molecule has 7 aromatic carbocycles. The standard InChI is InChI=1S/C43H25NO2S/c45-43-37-24-28(30-13-8-14-35-34-12-5-7-16-41(34)47-42(30)35)18-20-31(37)33-21-17-27(25-40(33)46-43)26-19-22-39-36(23-26)32-11-4-6-15-38(32)44(39)29-9-2-1-3-10-29/h1-25H. The molecule has 3 nitrogen and oxygen atoms in total. The van der Waals surface area contributed by atoms with Crippen LogP contribution in [0.15, 0.2) is 161 Å². The summed E-state index contributed by atoms with van der Waals surface area (Å²) in [4.78, 5) is 13.5. The number of hydrogen-bond acceptors (Lipinski definition) is 3. The van der Waals surface area contributed by atoms with Gasteiger partial charge >= 0.3 is 5.63 Å². The average molecular weight is 620 g/mol. The normalized spacial score (nSPS) is 11.9. The third-order valence-electron chi connectivity index (χ3n) is 9.45. The van der Waals surface area contributed by atoms with E-state index in [-0.39, 0.29) is 5.63 Å². The maximum Gasteiger partial charge on any atom is 0.344 e. The maximum atomic E-state index is 13.5. The summed E-state index contributed by atoms with van der Waals surface area (Å²) < 4.78 is 10.8. The van der Waals surface area contributed by atoms with Crippen LogP contribution in [-0.2, 0) is 0 Å². The number of thiophene rings is 1. The summed E-state index contributed by atoms with van der Waals surface area (Å²) in [5, 5.41) is 7.31. The number of para-hydroxylation sites is 2. The van der Waals surface area contributed by atoms with Crippen molar-refractivity contribution >= 4 is 75.1 Å². The summed E-state index contributed by atoms with van der Waals surface area (Å²) in [5.41, 5.74) is 7.95. The molecular weight excluding hydrogens is 595 g/mol. The van der Waals surface area contributed by atoms with Gasteiger partial charge in [-0.2, -0.15) is 0 Å². The molecule has 10 rings (SSSR count). The molecule has 0 unspecified atom stereocenters. The second kappa shape index (κ2) is 10.0. The van der Waals surface area contributed by atoms with Crippen LogP contribution in [-0.4, -0.2) is 4.57 Å². The van der Waals surface area contributed by atoms with E-state index in [0.717, 1.165) is 44.2 Å². The summed E-state index contributed by atoms with van der Waals surface area (Å²) in [5.74, 6) is 0. The largest absolute Gasteiger partial charge is 0.422 e. The number of aromatic nitrogens is 1. The Kier molecular flexibility index (Phi) is 5.60. The highest BCUT2D eigenvalue weighted by atomic mass is 32.1. The minimum Gasteiger partial charge on any atom is -0.422 e. The van der Waals surface area contributed by atoms with Gasteiger partial charge < -0.3 is 8.98 Å². The van der Waals surface area contributed by atoms with Crippen LogP contribution >= 0.6 is 11.3 Å². The summed E-state index contributed by atoms with van der Waals surface area (Å²) in [6.07, 6.45) is 0. The highest BCUT2D eigenvalue weighted by Crippen LogP contribution is 2.41. The molecule has 0 radical (unpaired) electrons. The summed E-state index contributed by atoms with van der Waals surface area (Å²) >= 11 is 1.79. The highest BCUT2D eigenvalue weighted by Gasteiger charge is 2.16. The Morgan fingerprint density at radius 3 is 2.06 bits per heavy atom. The quantitative estimate of drug-likeness (QED) is 0.146. The molecule has 0 aliphatic heterocycles. The molecule has 0 bridgehead atoms. The Balaban J connectivity index is 1.10. The molecule has 3 heterocycles. The molecule has 220 valence electrons. The van der Waals surface area contributed by atoms with Crippen molar-refractivity contribution in [1.82, 2.24) is 4.57 Å². The lowest BCUT2D eigenvalue weighted by Gasteiger charge is -2.09. The van der Waals surface area contributed by atoms with Crippen LogP contribution < -0.4 is 5.63 Å². The first-order chi connectivity index (χ1) is 23.2. The zero-order chi connectivity index (χ0) is 31.1. The molecule has 0 aliphatic carbocycles. The summed E-state index contributed by atoms with van der Waals surface area (Å²) in [7, 11) is 0. The Morgan fingerprint density at radius 1 is 0.468 bits per heavy atom. The fourth-order valence-corrected chi connectivity index (χ4v) is 8.50. The predicted octanol–water partition coefficient (Wildman–Crippen LogP) is 11.7. The SMILES string of the molecule is O=c1oc2cc(-c3ccc4c(c3)c3ccccc3n4-c3ccccc3)ccc2c2ccc(-c3cccc4c3sc3ccccc34)cc12. The van der Waals surface area contributed by atoms with Crippen LogP contribution in [0.1, 0.15) is 0 Å². The zero-order valence-corrected chi connectivity index (χ0v) is 25.9. The molecule has 0 amide bonds. The minimum absolute atomic E-state index is 0.323. The van der Waals surface area contributed by atoms with E-state index >= 15 is 0 Å². The van der Waals surface area contributed by atoms with Crippen LogP contribution in [0.25, 0.3) is 91.7 Å². The predicted molar refractivity (Wildman–Crippen MR) is 198 cm³/mol. The molecule has 0 aliphatic rings. The number of rotatable bonds is 3. The van der Waals surface area contributed by atoms with Crippen LogP contribution in [0.5, 0.6) is 0 Å². The lowest BCUT2D eigenvalue weighted by molar-refractivity contribution is 0.570. The van der Waals surface area contributed by atoms with Gasteiger partial charge in [-0.25, -0.2) is 4.79 Å². The van der Waals surface area contributed by atoms with Crippen molar-refractivity contribution in [2.24, 2.45) is 0 Å². The van der Waals surface area contributed by atoms with E-state index in [4.69, 9.17) is 4.42 Å². The van der Waals surface area contributed by atoms with Crippen molar-refractivity contribution < 1.29 is 4.42 Å². The molecule has 0 saturated carbocycles.